The first kappa shape index (κ1) is 13.6. The average Bonchev–Trinajstić information content (AvgIpc) is 2.81. The molecule has 1 fully saturated rings. The van der Waals surface area contributed by atoms with Crippen LogP contribution in [0.4, 0.5) is 0 Å². The molecule has 2 N–H and O–H groups in total. The number of rotatable bonds is 4. The molecule has 1 aliphatic carbocycles. The molecule has 2 unspecified atom stereocenters. The maximum atomic E-state index is 4.06. The molecule has 2 rings (SSSR count). The lowest BCUT2D eigenvalue weighted by molar-refractivity contribution is 0.131. The molecule has 2 atom stereocenters. The van der Waals surface area contributed by atoms with E-state index in [1.807, 2.05) is 6.20 Å². The minimum absolute atomic E-state index is 0.423. The van der Waals surface area contributed by atoms with Crippen molar-refractivity contribution in [1.82, 2.24) is 15.3 Å². The Hall–Kier alpha value is -0.830. The molecular weight excluding hydrogens is 222 g/mol. The van der Waals surface area contributed by atoms with E-state index in [-0.39, 0.29) is 0 Å². The number of hydrogen-bond acceptors (Lipinski definition) is 2. The summed E-state index contributed by atoms with van der Waals surface area (Å²) in [5.41, 5.74) is 1.65. The van der Waals surface area contributed by atoms with Crippen molar-refractivity contribution >= 4 is 0 Å². The molecule has 1 aromatic heterocycles. The molecule has 18 heavy (non-hydrogen) atoms. The third-order valence-electron chi connectivity index (χ3n) is 4.23. The summed E-state index contributed by atoms with van der Waals surface area (Å²) in [6.07, 6.45) is 10.2. The highest BCUT2D eigenvalue weighted by Crippen LogP contribution is 2.37. The van der Waals surface area contributed by atoms with E-state index in [0.29, 0.717) is 11.5 Å². The zero-order valence-corrected chi connectivity index (χ0v) is 12.0. The molecule has 0 bridgehead atoms. The van der Waals surface area contributed by atoms with Crippen LogP contribution in [0, 0.1) is 11.3 Å². The first-order chi connectivity index (χ1) is 8.57. The highest BCUT2D eigenvalue weighted by molar-refractivity contribution is 4.95. The summed E-state index contributed by atoms with van der Waals surface area (Å²) >= 11 is 0. The van der Waals surface area contributed by atoms with Gasteiger partial charge in [0.1, 0.15) is 0 Å². The molecule has 1 saturated carbocycles. The van der Waals surface area contributed by atoms with E-state index in [0.717, 1.165) is 18.9 Å². The maximum Gasteiger partial charge on any atom is 0.0921 e. The van der Waals surface area contributed by atoms with Crippen LogP contribution in [-0.4, -0.2) is 22.6 Å². The first-order valence-corrected chi connectivity index (χ1v) is 7.28. The van der Waals surface area contributed by atoms with Crippen molar-refractivity contribution in [1.29, 1.82) is 0 Å². The predicted octanol–water partition coefficient (Wildman–Crippen LogP) is 3.15. The molecule has 0 saturated heterocycles. The zero-order chi connectivity index (χ0) is 13.0. The minimum atomic E-state index is 0.423. The molecule has 1 aromatic rings. The fourth-order valence-electron chi connectivity index (χ4n) is 3.23. The van der Waals surface area contributed by atoms with Crippen LogP contribution in [0.15, 0.2) is 12.5 Å². The second-order valence-corrected chi connectivity index (χ2v) is 6.64. The van der Waals surface area contributed by atoms with Crippen molar-refractivity contribution in [3.8, 4) is 0 Å². The van der Waals surface area contributed by atoms with Crippen molar-refractivity contribution in [2.75, 3.05) is 6.54 Å². The Kier molecular flexibility index (Phi) is 4.44. The lowest BCUT2D eigenvalue weighted by atomic mass is 9.69. The Bertz CT molecular complexity index is 337. The fourth-order valence-corrected chi connectivity index (χ4v) is 3.23. The molecule has 102 valence electrons. The second kappa shape index (κ2) is 5.87. The number of aromatic nitrogens is 2. The van der Waals surface area contributed by atoms with E-state index in [2.05, 4.69) is 36.1 Å². The molecule has 1 heterocycles. The molecule has 3 nitrogen and oxygen atoms in total. The molecule has 3 heteroatoms. The summed E-state index contributed by atoms with van der Waals surface area (Å²) in [5, 5.41) is 3.77. The molecule has 1 aliphatic rings. The van der Waals surface area contributed by atoms with Gasteiger partial charge in [0.05, 0.1) is 6.33 Å². The van der Waals surface area contributed by atoms with E-state index < -0.39 is 0 Å². The smallest absolute Gasteiger partial charge is 0.0921 e. The van der Waals surface area contributed by atoms with E-state index in [1.165, 1.54) is 31.4 Å². The lowest BCUT2D eigenvalue weighted by Gasteiger charge is -2.41. The van der Waals surface area contributed by atoms with Gasteiger partial charge < -0.3 is 10.3 Å². The van der Waals surface area contributed by atoms with Gasteiger partial charge >= 0.3 is 0 Å². The summed E-state index contributed by atoms with van der Waals surface area (Å²) < 4.78 is 0. The number of nitrogens with zero attached hydrogens (tertiary/aromatic N) is 1. The van der Waals surface area contributed by atoms with Crippen molar-refractivity contribution in [2.45, 2.75) is 58.9 Å². The van der Waals surface area contributed by atoms with Crippen LogP contribution in [-0.2, 0) is 6.42 Å². The SMILES string of the molecule is CC(C)(C)C1CCCCC1NCCc1cnc[nH]1. The molecule has 0 aliphatic heterocycles. The topological polar surface area (TPSA) is 40.7 Å². The van der Waals surface area contributed by atoms with Gasteiger partial charge in [-0.1, -0.05) is 33.6 Å². The molecule has 0 radical (unpaired) electrons. The van der Waals surface area contributed by atoms with Crippen LogP contribution in [0.2, 0.25) is 0 Å². The normalized spacial score (nSPS) is 25.3. The molecule has 0 aromatic carbocycles. The van der Waals surface area contributed by atoms with Crippen LogP contribution in [0.25, 0.3) is 0 Å². The number of aromatic amines is 1. The molecule has 0 spiro atoms. The van der Waals surface area contributed by atoms with Crippen LogP contribution in [0.1, 0.15) is 52.1 Å². The molecule has 0 amide bonds. The van der Waals surface area contributed by atoms with E-state index >= 15 is 0 Å². The summed E-state index contributed by atoms with van der Waals surface area (Å²) in [5.74, 6) is 0.813. The van der Waals surface area contributed by atoms with Crippen LogP contribution < -0.4 is 5.32 Å². The monoisotopic (exact) mass is 249 g/mol. The first-order valence-electron chi connectivity index (χ1n) is 7.28. The second-order valence-electron chi connectivity index (χ2n) is 6.64. The Labute approximate surface area is 111 Å². The van der Waals surface area contributed by atoms with Gasteiger partial charge in [0.25, 0.3) is 0 Å². The number of H-pyrrole nitrogens is 1. The van der Waals surface area contributed by atoms with E-state index in [4.69, 9.17) is 0 Å². The number of imidazole rings is 1. The highest BCUT2D eigenvalue weighted by atomic mass is 14.9. The standard InChI is InChI=1S/C15H27N3/c1-15(2,3)13-6-4-5-7-14(13)17-9-8-12-10-16-11-18-12/h10-11,13-14,17H,4-9H2,1-3H3,(H,16,18). The van der Waals surface area contributed by atoms with E-state index in [1.54, 1.807) is 6.33 Å². The van der Waals surface area contributed by atoms with Crippen LogP contribution in [0.5, 0.6) is 0 Å². The zero-order valence-electron chi connectivity index (χ0n) is 12.0. The Morgan fingerprint density at radius 1 is 1.33 bits per heavy atom. The summed E-state index contributed by atoms with van der Waals surface area (Å²) in [7, 11) is 0. The lowest BCUT2D eigenvalue weighted by Crippen LogP contribution is -2.44. The Balaban J connectivity index is 1.82. The summed E-state index contributed by atoms with van der Waals surface area (Å²) in [6, 6.07) is 0.696. The third-order valence-corrected chi connectivity index (χ3v) is 4.23. The van der Waals surface area contributed by atoms with Gasteiger partial charge in [-0.15, -0.1) is 0 Å². The van der Waals surface area contributed by atoms with Gasteiger partial charge in [0.2, 0.25) is 0 Å². The fraction of sp³-hybridized carbons (Fsp3) is 0.800. The third kappa shape index (κ3) is 3.58. The quantitative estimate of drug-likeness (QED) is 0.860. The minimum Gasteiger partial charge on any atom is -0.348 e. The maximum absolute atomic E-state index is 4.06. The van der Waals surface area contributed by atoms with Gasteiger partial charge in [0.15, 0.2) is 0 Å². The van der Waals surface area contributed by atoms with Crippen molar-refractivity contribution in [3.63, 3.8) is 0 Å². The van der Waals surface area contributed by atoms with Crippen LogP contribution >= 0.6 is 0 Å². The van der Waals surface area contributed by atoms with Gasteiger partial charge in [-0.05, 0) is 24.2 Å². The van der Waals surface area contributed by atoms with Gasteiger partial charge in [0, 0.05) is 30.9 Å². The van der Waals surface area contributed by atoms with Gasteiger partial charge in [-0.25, -0.2) is 4.98 Å². The number of hydrogen-bond donors (Lipinski definition) is 2. The highest BCUT2D eigenvalue weighted by Gasteiger charge is 2.33. The van der Waals surface area contributed by atoms with Crippen molar-refractivity contribution in [3.05, 3.63) is 18.2 Å². The number of nitrogens with one attached hydrogen (secondary N) is 2. The van der Waals surface area contributed by atoms with Gasteiger partial charge in [-0.3, -0.25) is 0 Å². The van der Waals surface area contributed by atoms with Gasteiger partial charge in [-0.2, -0.15) is 0 Å². The van der Waals surface area contributed by atoms with Crippen molar-refractivity contribution in [2.24, 2.45) is 11.3 Å². The Morgan fingerprint density at radius 3 is 2.78 bits per heavy atom. The average molecular weight is 249 g/mol. The largest absolute Gasteiger partial charge is 0.348 e. The predicted molar refractivity (Wildman–Crippen MR) is 75.5 cm³/mol. The van der Waals surface area contributed by atoms with Crippen molar-refractivity contribution < 1.29 is 0 Å². The van der Waals surface area contributed by atoms with Crippen LogP contribution in [0.3, 0.4) is 0 Å². The Morgan fingerprint density at radius 2 is 2.11 bits per heavy atom. The molecular formula is C15H27N3. The van der Waals surface area contributed by atoms with E-state index in [9.17, 15) is 0 Å². The summed E-state index contributed by atoms with van der Waals surface area (Å²) in [4.78, 5) is 7.22. The summed E-state index contributed by atoms with van der Waals surface area (Å²) in [6.45, 7) is 8.20.